The Morgan fingerprint density at radius 1 is 1.15 bits per heavy atom. The second-order valence-corrected chi connectivity index (χ2v) is 5.92. The molecule has 2 aliphatic rings. The van der Waals surface area contributed by atoms with Crippen molar-refractivity contribution in [3.05, 3.63) is 28.2 Å². The fraction of sp³-hybridized carbons (Fsp3) is 0.429. The third kappa shape index (κ3) is 2.27. The minimum Gasteiger partial charge on any atom is -0.331 e. The van der Waals surface area contributed by atoms with Crippen molar-refractivity contribution in [2.75, 3.05) is 18.0 Å². The Labute approximate surface area is 127 Å². The molecule has 2 amide bonds. The van der Waals surface area contributed by atoms with Crippen LogP contribution in [0.2, 0.25) is 10.0 Å². The molecule has 106 valence electrons. The van der Waals surface area contributed by atoms with E-state index in [0.717, 1.165) is 12.8 Å². The van der Waals surface area contributed by atoms with Crippen LogP contribution in [0.15, 0.2) is 18.2 Å². The van der Waals surface area contributed by atoms with Gasteiger partial charge in [0.05, 0.1) is 10.7 Å². The zero-order valence-electron chi connectivity index (χ0n) is 10.8. The minimum absolute atomic E-state index is 0.0439. The van der Waals surface area contributed by atoms with Crippen LogP contribution in [0, 0.1) is 0 Å². The summed E-state index contributed by atoms with van der Waals surface area (Å²) in [4.78, 5) is 28.0. The van der Waals surface area contributed by atoms with Crippen molar-refractivity contribution in [3.63, 3.8) is 0 Å². The maximum Gasteiger partial charge on any atom is 0.249 e. The van der Waals surface area contributed by atoms with E-state index in [-0.39, 0.29) is 17.9 Å². The van der Waals surface area contributed by atoms with Gasteiger partial charge in [-0.1, -0.05) is 23.2 Å². The Morgan fingerprint density at radius 3 is 2.70 bits per heavy atom. The van der Waals surface area contributed by atoms with Crippen molar-refractivity contribution in [3.8, 4) is 0 Å². The molecule has 1 aromatic carbocycles. The van der Waals surface area contributed by atoms with Crippen molar-refractivity contribution in [2.24, 2.45) is 0 Å². The topological polar surface area (TPSA) is 40.6 Å². The average Bonchev–Trinajstić information content (AvgIpc) is 2.85. The summed E-state index contributed by atoms with van der Waals surface area (Å²) in [7, 11) is 0. The van der Waals surface area contributed by atoms with Crippen LogP contribution in [0.25, 0.3) is 0 Å². The van der Waals surface area contributed by atoms with E-state index in [1.54, 1.807) is 28.0 Å². The van der Waals surface area contributed by atoms with E-state index in [2.05, 4.69) is 0 Å². The molecule has 0 saturated carbocycles. The van der Waals surface area contributed by atoms with Gasteiger partial charge in [0, 0.05) is 24.5 Å². The molecule has 3 rings (SSSR count). The smallest absolute Gasteiger partial charge is 0.249 e. The van der Waals surface area contributed by atoms with Gasteiger partial charge >= 0.3 is 0 Å². The lowest BCUT2D eigenvalue weighted by molar-refractivity contribution is -0.135. The van der Waals surface area contributed by atoms with Crippen LogP contribution >= 0.6 is 23.2 Å². The van der Waals surface area contributed by atoms with Crippen molar-refractivity contribution >= 4 is 40.7 Å². The molecule has 0 N–H and O–H groups in total. The molecule has 1 unspecified atom stereocenters. The first-order chi connectivity index (χ1) is 9.58. The lowest BCUT2D eigenvalue weighted by Gasteiger charge is -2.26. The van der Waals surface area contributed by atoms with Crippen LogP contribution in [0.5, 0.6) is 0 Å². The van der Waals surface area contributed by atoms with Gasteiger partial charge in [0.1, 0.15) is 6.04 Å². The van der Waals surface area contributed by atoms with Crippen molar-refractivity contribution in [1.82, 2.24) is 4.90 Å². The highest BCUT2D eigenvalue weighted by atomic mass is 35.5. The number of anilines is 1. The van der Waals surface area contributed by atoms with Gasteiger partial charge in [0.2, 0.25) is 11.8 Å². The third-order valence-corrected chi connectivity index (χ3v) is 4.41. The van der Waals surface area contributed by atoms with Crippen LogP contribution in [-0.2, 0) is 9.59 Å². The fourth-order valence-electron chi connectivity index (χ4n) is 2.90. The molecule has 0 aromatic heterocycles. The molecule has 4 nitrogen and oxygen atoms in total. The lowest BCUT2D eigenvalue weighted by Crippen LogP contribution is -2.43. The number of rotatable bonds is 1. The summed E-state index contributed by atoms with van der Waals surface area (Å²) in [6.45, 7) is 1.05. The standard InChI is InChI=1S/C14H14Cl2N2O2/c15-9-3-4-11(10(16)8-9)18-7-5-13(19)17-6-1-2-12(17)14(18)20/h3-4,8,12H,1-2,5-7H2. The third-order valence-electron chi connectivity index (χ3n) is 3.87. The first-order valence-electron chi connectivity index (χ1n) is 6.64. The molecule has 20 heavy (non-hydrogen) atoms. The zero-order valence-corrected chi connectivity index (χ0v) is 12.3. The first-order valence-corrected chi connectivity index (χ1v) is 7.39. The van der Waals surface area contributed by atoms with Crippen LogP contribution in [0.4, 0.5) is 5.69 Å². The second-order valence-electron chi connectivity index (χ2n) is 5.08. The van der Waals surface area contributed by atoms with Gasteiger partial charge in [0.25, 0.3) is 0 Å². The van der Waals surface area contributed by atoms with Gasteiger partial charge in [0.15, 0.2) is 0 Å². The number of benzene rings is 1. The molecule has 1 aromatic rings. The quantitative estimate of drug-likeness (QED) is 0.800. The normalized spacial score (nSPS) is 23.0. The van der Waals surface area contributed by atoms with Gasteiger partial charge in [-0.2, -0.15) is 0 Å². The van der Waals surface area contributed by atoms with E-state index in [1.807, 2.05) is 0 Å². The molecular formula is C14H14Cl2N2O2. The van der Waals surface area contributed by atoms with Crippen LogP contribution < -0.4 is 4.90 Å². The summed E-state index contributed by atoms with van der Waals surface area (Å²) in [6.07, 6.45) is 1.94. The SMILES string of the molecule is O=C1C2CCCN2C(=O)CCN1c1ccc(Cl)cc1Cl. The molecule has 0 spiro atoms. The van der Waals surface area contributed by atoms with Gasteiger partial charge in [-0.15, -0.1) is 0 Å². The summed E-state index contributed by atoms with van der Waals surface area (Å²) < 4.78 is 0. The predicted octanol–water partition coefficient (Wildman–Crippen LogP) is 2.72. The number of fused-ring (bicyclic) bond motifs is 1. The highest BCUT2D eigenvalue weighted by molar-refractivity contribution is 6.36. The van der Waals surface area contributed by atoms with Crippen molar-refractivity contribution < 1.29 is 9.59 Å². The Kier molecular flexibility index (Phi) is 3.61. The van der Waals surface area contributed by atoms with Crippen LogP contribution in [0.3, 0.4) is 0 Å². The number of hydrogen-bond acceptors (Lipinski definition) is 2. The van der Waals surface area contributed by atoms with Gasteiger partial charge in [-0.05, 0) is 31.0 Å². The van der Waals surface area contributed by atoms with Crippen molar-refractivity contribution in [1.29, 1.82) is 0 Å². The van der Waals surface area contributed by atoms with Crippen molar-refractivity contribution in [2.45, 2.75) is 25.3 Å². The van der Waals surface area contributed by atoms with E-state index in [0.29, 0.717) is 35.2 Å². The summed E-state index contributed by atoms with van der Waals surface area (Å²) in [5.41, 5.74) is 0.627. The molecule has 6 heteroatoms. The number of amides is 2. The molecule has 1 atom stereocenters. The Morgan fingerprint density at radius 2 is 1.95 bits per heavy atom. The number of carbonyl (C=O) groups is 2. The number of hydrogen-bond donors (Lipinski definition) is 0. The molecular weight excluding hydrogens is 299 g/mol. The number of nitrogens with zero attached hydrogens (tertiary/aromatic N) is 2. The van der Waals surface area contributed by atoms with Gasteiger partial charge in [-0.3, -0.25) is 9.59 Å². The highest BCUT2D eigenvalue weighted by Crippen LogP contribution is 2.32. The van der Waals surface area contributed by atoms with Crippen LogP contribution in [-0.4, -0.2) is 35.8 Å². The summed E-state index contributed by atoms with van der Waals surface area (Å²) >= 11 is 12.1. The average molecular weight is 313 g/mol. The van der Waals surface area contributed by atoms with E-state index >= 15 is 0 Å². The van der Waals surface area contributed by atoms with E-state index in [1.165, 1.54) is 0 Å². The van der Waals surface area contributed by atoms with Crippen LogP contribution in [0.1, 0.15) is 19.3 Å². The molecule has 2 fully saturated rings. The first kappa shape index (κ1) is 13.7. The molecule has 0 radical (unpaired) electrons. The second kappa shape index (κ2) is 5.26. The zero-order chi connectivity index (χ0) is 14.3. The molecule has 2 saturated heterocycles. The number of carbonyl (C=O) groups excluding carboxylic acids is 2. The molecule has 2 heterocycles. The molecule has 2 aliphatic heterocycles. The van der Waals surface area contributed by atoms with E-state index < -0.39 is 0 Å². The Hall–Kier alpha value is -1.26. The summed E-state index contributed by atoms with van der Waals surface area (Å²) in [6, 6.07) is 4.72. The maximum absolute atomic E-state index is 12.7. The monoisotopic (exact) mass is 312 g/mol. The predicted molar refractivity (Wildman–Crippen MR) is 78.2 cm³/mol. The Bertz CT molecular complexity index is 576. The largest absolute Gasteiger partial charge is 0.331 e. The highest BCUT2D eigenvalue weighted by Gasteiger charge is 2.40. The molecule has 0 bridgehead atoms. The van der Waals surface area contributed by atoms with E-state index in [9.17, 15) is 9.59 Å². The van der Waals surface area contributed by atoms with E-state index in [4.69, 9.17) is 23.2 Å². The fourth-order valence-corrected chi connectivity index (χ4v) is 3.41. The Balaban J connectivity index is 1.96. The summed E-state index contributed by atoms with van der Waals surface area (Å²) in [5.74, 6) is 0.00556. The van der Waals surface area contributed by atoms with Gasteiger partial charge in [-0.25, -0.2) is 0 Å². The molecule has 0 aliphatic carbocycles. The maximum atomic E-state index is 12.7. The minimum atomic E-state index is -0.336. The van der Waals surface area contributed by atoms with Gasteiger partial charge < -0.3 is 9.80 Å². The summed E-state index contributed by atoms with van der Waals surface area (Å²) in [5, 5.41) is 0.962. The lowest BCUT2D eigenvalue weighted by atomic mass is 10.2. The number of halogens is 2.